The first-order chi connectivity index (χ1) is 15.1. The van der Waals surface area contributed by atoms with E-state index in [2.05, 4.69) is 5.10 Å². The van der Waals surface area contributed by atoms with Crippen molar-refractivity contribution in [1.82, 2.24) is 9.91 Å². The van der Waals surface area contributed by atoms with Crippen LogP contribution in [0.25, 0.3) is 11.0 Å². The van der Waals surface area contributed by atoms with E-state index in [0.29, 0.717) is 30.2 Å². The van der Waals surface area contributed by atoms with E-state index in [1.165, 1.54) is 5.01 Å². The number of hydrogen-bond donors (Lipinski definition) is 1. The molecule has 2 N–H and O–H groups in total. The Morgan fingerprint density at radius 1 is 1.19 bits per heavy atom. The molecule has 1 fully saturated rings. The summed E-state index contributed by atoms with van der Waals surface area (Å²) in [6.45, 7) is 1.44. The van der Waals surface area contributed by atoms with Gasteiger partial charge in [0.05, 0.1) is 18.7 Å². The largest absolute Gasteiger partial charge is 0.467 e. The van der Waals surface area contributed by atoms with E-state index in [1.54, 1.807) is 12.3 Å². The van der Waals surface area contributed by atoms with Crippen molar-refractivity contribution in [3.8, 4) is 0 Å². The Balaban J connectivity index is 1.39. The third-order valence-electron chi connectivity index (χ3n) is 6.01. The fourth-order valence-electron chi connectivity index (χ4n) is 4.41. The summed E-state index contributed by atoms with van der Waals surface area (Å²) >= 11 is 0. The predicted molar refractivity (Wildman–Crippen MR) is 114 cm³/mol. The van der Waals surface area contributed by atoms with Crippen molar-refractivity contribution in [3.05, 3.63) is 60.2 Å². The van der Waals surface area contributed by atoms with E-state index >= 15 is 0 Å². The highest BCUT2D eigenvalue weighted by atomic mass is 16.3. The summed E-state index contributed by atoms with van der Waals surface area (Å²) < 4.78 is 11.6. The molecule has 2 amide bonds. The number of carbonyl (C=O) groups is 2. The maximum absolute atomic E-state index is 13.2. The molecule has 31 heavy (non-hydrogen) atoms. The monoisotopic (exact) mass is 420 g/mol. The van der Waals surface area contributed by atoms with Crippen molar-refractivity contribution in [2.24, 2.45) is 16.8 Å². The van der Waals surface area contributed by atoms with Gasteiger partial charge in [0.2, 0.25) is 5.91 Å². The van der Waals surface area contributed by atoms with Gasteiger partial charge in [0.1, 0.15) is 23.1 Å². The van der Waals surface area contributed by atoms with Crippen molar-refractivity contribution >= 4 is 28.5 Å². The number of furan rings is 2. The topological polar surface area (TPSA) is 105 Å². The number of primary amides is 1. The van der Waals surface area contributed by atoms with Crippen LogP contribution in [0.1, 0.15) is 36.8 Å². The average Bonchev–Trinajstić information content (AvgIpc) is 3.52. The average molecular weight is 420 g/mol. The molecule has 0 saturated carbocycles. The molecule has 160 valence electrons. The van der Waals surface area contributed by atoms with Crippen LogP contribution in [0.3, 0.4) is 0 Å². The lowest BCUT2D eigenvalue weighted by Crippen LogP contribution is -2.45. The van der Waals surface area contributed by atoms with Gasteiger partial charge < -0.3 is 14.6 Å². The second-order valence-electron chi connectivity index (χ2n) is 8.15. The van der Waals surface area contributed by atoms with E-state index < -0.39 is 0 Å². The van der Waals surface area contributed by atoms with E-state index in [-0.39, 0.29) is 30.3 Å². The van der Waals surface area contributed by atoms with Crippen molar-refractivity contribution < 1.29 is 18.4 Å². The maximum Gasteiger partial charge on any atom is 0.257 e. The number of nitrogens with zero attached hydrogens (tertiary/aromatic N) is 3. The molecule has 1 saturated heterocycles. The lowest BCUT2D eigenvalue weighted by Gasteiger charge is -2.31. The van der Waals surface area contributed by atoms with Crippen LogP contribution in [0.15, 0.2) is 62.7 Å². The van der Waals surface area contributed by atoms with Gasteiger partial charge in [0.15, 0.2) is 5.76 Å². The number of hydrazone groups is 1. The molecule has 0 spiro atoms. The molecule has 3 aromatic rings. The van der Waals surface area contributed by atoms with Crippen LogP contribution in [0, 0.1) is 5.92 Å². The van der Waals surface area contributed by atoms with E-state index in [9.17, 15) is 9.59 Å². The second kappa shape index (κ2) is 8.03. The van der Waals surface area contributed by atoms with Crippen LogP contribution in [0.4, 0.5) is 0 Å². The summed E-state index contributed by atoms with van der Waals surface area (Å²) in [5.74, 6) is 0.668. The molecular weight excluding hydrogens is 396 g/mol. The lowest BCUT2D eigenvalue weighted by molar-refractivity contribution is -0.136. The maximum atomic E-state index is 13.2. The van der Waals surface area contributed by atoms with Gasteiger partial charge in [-0.05, 0) is 43.7 Å². The molecule has 2 aliphatic rings. The molecule has 0 bridgehead atoms. The van der Waals surface area contributed by atoms with Gasteiger partial charge in [-0.15, -0.1) is 0 Å². The van der Waals surface area contributed by atoms with Crippen LogP contribution < -0.4 is 5.73 Å². The number of benzene rings is 1. The third kappa shape index (κ3) is 3.86. The Labute approximate surface area is 179 Å². The Hall–Kier alpha value is -3.39. The number of para-hydroxylation sites is 1. The van der Waals surface area contributed by atoms with Crippen LogP contribution in [0.5, 0.6) is 0 Å². The quantitative estimate of drug-likeness (QED) is 0.683. The predicted octanol–water partition coefficient (Wildman–Crippen LogP) is 2.90. The molecule has 8 nitrogen and oxygen atoms in total. The van der Waals surface area contributed by atoms with Crippen LogP contribution in [0.2, 0.25) is 0 Å². The third-order valence-corrected chi connectivity index (χ3v) is 6.01. The first-order valence-corrected chi connectivity index (χ1v) is 10.5. The van der Waals surface area contributed by atoms with Gasteiger partial charge >= 0.3 is 0 Å². The molecule has 2 atom stereocenters. The summed E-state index contributed by atoms with van der Waals surface area (Å²) in [6, 6.07) is 13.0. The number of carbonyl (C=O) groups excluding carboxylic acids is 2. The van der Waals surface area contributed by atoms with Gasteiger partial charge in [-0.2, -0.15) is 5.10 Å². The zero-order chi connectivity index (χ0) is 21.4. The van der Waals surface area contributed by atoms with E-state index in [1.807, 2.05) is 41.3 Å². The first kappa shape index (κ1) is 19.6. The summed E-state index contributed by atoms with van der Waals surface area (Å²) in [4.78, 5) is 26.8. The highest BCUT2D eigenvalue weighted by Gasteiger charge is 2.37. The summed E-state index contributed by atoms with van der Waals surface area (Å²) in [5.41, 5.74) is 6.97. The highest BCUT2D eigenvalue weighted by Crippen LogP contribution is 2.34. The van der Waals surface area contributed by atoms with Gasteiger partial charge in [0.25, 0.3) is 5.91 Å². The number of piperidine rings is 1. The van der Waals surface area contributed by atoms with E-state index in [4.69, 9.17) is 14.6 Å². The molecule has 8 heteroatoms. The van der Waals surface area contributed by atoms with Crippen molar-refractivity contribution in [2.45, 2.75) is 25.3 Å². The minimum atomic E-state index is -0.331. The molecule has 2 aromatic heterocycles. The SMILES string of the molecule is NC(=O)C1CCCN(CC(=O)N2N=C(c3cc4ccccc4o3)CC2c2ccco2)C1. The summed E-state index contributed by atoms with van der Waals surface area (Å²) in [7, 11) is 0. The van der Waals surface area contributed by atoms with Crippen molar-refractivity contribution in [2.75, 3.05) is 19.6 Å². The molecule has 2 unspecified atom stereocenters. The smallest absolute Gasteiger partial charge is 0.257 e. The molecule has 4 heterocycles. The van der Waals surface area contributed by atoms with Gasteiger partial charge in [-0.3, -0.25) is 14.5 Å². The fourth-order valence-corrected chi connectivity index (χ4v) is 4.41. The van der Waals surface area contributed by atoms with Crippen molar-refractivity contribution in [1.29, 1.82) is 0 Å². The number of hydrogen-bond acceptors (Lipinski definition) is 6. The Kier molecular flexibility index (Phi) is 5.07. The summed E-state index contributed by atoms with van der Waals surface area (Å²) in [6.07, 6.45) is 3.71. The van der Waals surface area contributed by atoms with Gasteiger partial charge in [-0.1, -0.05) is 18.2 Å². The molecule has 0 aliphatic carbocycles. The lowest BCUT2D eigenvalue weighted by atomic mass is 9.97. The minimum absolute atomic E-state index is 0.141. The minimum Gasteiger partial charge on any atom is -0.467 e. The van der Waals surface area contributed by atoms with Crippen LogP contribution in [-0.2, 0) is 9.59 Å². The zero-order valence-electron chi connectivity index (χ0n) is 17.1. The van der Waals surface area contributed by atoms with E-state index in [0.717, 1.165) is 30.4 Å². The van der Waals surface area contributed by atoms with Crippen LogP contribution in [-0.4, -0.2) is 47.1 Å². The van der Waals surface area contributed by atoms with Gasteiger partial charge in [0, 0.05) is 18.4 Å². The van der Waals surface area contributed by atoms with Crippen molar-refractivity contribution in [3.63, 3.8) is 0 Å². The zero-order valence-corrected chi connectivity index (χ0v) is 17.1. The first-order valence-electron chi connectivity index (χ1n) is 10.5. The molecule has 0 radical (unpaired) electrons. The Bertz CT molecular complexity index is 1100. The number of nitrogens with two attached hydrogens (primary N) is 1. The fraction of sp³-hybridized carbons (Fsp3) is 0.348. The standard InChI is InChI=1S/C23H24N4O4/c24-23(29)16-6-3-9-26(13-16)14-22(28)27-18(20-8-4-10-30-20)12-17(25-27)21-11-15-5-1-2-7-19(15)31-21/h1-2,4-5,7-8,10-11,16,18H,3,6,9,12-14H2,(H2,24,29). The number of rotatable bonds is 5. The molecular formula is C23H24N4O4. The number of fused-ring (bicyclic) bond motifs is 1. The Morgan fingerprint density at radius 2 is 2.06 bits per heavy atom. The Morgan fingerprint density at radius 3 is 2.84 bits per heavy atom. The highest BCUT2D eigenvalue weighted by molar-refractivity contribution is 6.03. The molecule has 2 aliphatic heterocycles. The van der Waals surface area contributed by atoms with Crippen LogP contribution >= 0.6 is 0 Å². The van der Waals surface area contributed by atoms with Gasteiger partial charge in [-0.25, -0.2) is 5.01 Å². The normalized spacial score (nSPS) is 22.1. The number of likely N-dealkylation sites (tertiary alicyclic amines) is 1. The molecule has 5 rings (SSSR count). The number of amides is 2. The summed E-state index contributed by atoms with van der Waals surface area (Å²) in [5, 5.41) is 7.13. The second-order valence-corrected chi connectivity index (χ2v) is 8.15. The molecule has 1 aromatic carbocycles.